The second-order valence-corrected chi connectivity index (χ2v) is 10.2. The quantitative estimate of drug-likeness (QED) is 0.489. The van der Waals surface area contributed by atoms with Gasteiger partial charge in [-0.15, -0.1) is 0 Å². The van der Waals surface area contributed by atoms with Gasteiger partial charge >= 0.3 is 0 Å². The van der Waals surface area contributed by atoms with E-state index in [4.69, 9.17) is 22.9 Å². The molecule has 34 heavy (non-hydrogen) atoms. The van der Waals surface area contributed by atoms with Crippen molar-refractivity contribution in [3.8, 4) is 0 Å². The van der Waals surface area contributed by atoms with Crippen LogP contribution in [-0.2, 0) is 11.2 Å². The molecule has 1 aromatic heterocycles. The summed E-state index contributed by atoms with van der Waals surface area (Å²) in [6.07, 6.45) is 2.97. The van der Waals surface area contributed by atoms with Gasteiger partial charge in [0.05, 0.1) is 11.6 Å². The predicted octanol–water partition coefficient (Wildman–Crippen LogP) is 3.90. The lowest BCUT2D eigenvalue weighted by atomic mass is 10.0. The zero-order chi connectivity index (χ0) is 24.7. The SMILES string of the molecule is CCN(CC)CCCC(=S)Cc1ccc2nc(N3CCN(C(=O)[C@@H](N)C(C)C)CC3)ccc2c1. The highest BCUT2D eigenvalue weighted by atomic mass is 32.1. The summed E-state index contributed by atoms with van der Waals surface area (Å²) in [4.78, 5) is 25.1. The Morgan fingerprint density at radius 1 is 1.12 bits per heavy atom. The molecule has 2 N–H and O–H groups in total. The molecule has 0 radical (unpaired) electrons. The first-order valence-corrected chi connectivity index (χ1v) is 13.2. The van der Waals surface area contributed by atoms with Crippen LogP contribution in [0.5, 0.6) is 0 Å². The number of thiocarbonyl (C=S) groups is 1. The summed E-state index contributed by atoms with van der Waals surface area (Å²) in [6, 6.07) is 10.3. The minimum Gasteiger partial charge on any atom is -0.353 e. The van der Waals surface area contributed by atoms with Crippen LogP contribution < -0.4 is 10.6 Å². The summed E-state index contributed by atoms with van der Waals surface area (Å²) in [5, 5.41) is 1.14. The van der Waals surface area contributed by atoms with E-state index in [1.54, 1.807) is 0 Å². The molecule has 1 amide bonds. The summed E-state index contributed by atoms with van der Waals surface area (Å²) in [5.74, 6) is 1.17. The van der Waals surface area contributed by atoms with Crippen molar-refractivity contribution < 1.29 is 4.79 Å². The Bertz CT molecular complexity index is 967. The minimum atomic E-state index is -0.421. The van der Waals surface area contributed by atoms with E-state index in [2.05, 4.69) is 54.0 Å². The Balaban J connectivity index is 1.55. The predicted molar refractivity (Wildman–Crippen MR) is 147 cm³/mol. The van der Waals surface area contributed by atoms with Crippen LogP contribution >= 0.6 is 12.2 Å². The molecule has 6 nitrogen and oxygen atoms in total. The molecule has 1 aromatic carbocycles. The fourth-order valence-corrected chi connectivity index (χ4v) is 4.77. The number of nitrogens with two attached hydrogens (primary N) is 1. The number of fused-ring (bicyclic) bond motifs is 1. The first-order valence-electron chi connectivity index (χ1n) is 12.7. The summed E-state index contributed by atoms with van der Waals surface area (Å²) in [6.45, 7) is 14.6. The van der Waals surface area contributed by atoms with Crippen molar-refractivity contribution in [2.45, 2.75) is 53.0 Å². The average molecular weight is 484 g/mol. The normalized spacial score (nSPS) is 15.4. The fourth-order valence-electron chi connectivity index (χ4n) is 4.46. The minimum absolute atomic E-state index is 0.0552. The average Bonchev–Trinajstić information content (AvgIpc) is 2.85. The van der Waals surface area contributed by atoms with Gasteiger partial charge in [0.2, 0.25) is 5.91 Å². The Morgan fingerprint density at radius 3 is 2.47 bits per heavy atom. The zero-order valence-corrected chi connectivity index (χ0v) is 22.1. The second-order valence-electron chi connectivity index (χ2n) is 9.62. The Kier molecular flexibility index (Phi) is 9.80. The standard InChI is InChI=1S/C27H41N5OS/c1-5-30(6-2)13-7-8-23(34)19-21-9-11-24-22(18-21)10-12-25(29-24)31-14-16-32(17-15-31)27(33)26(28)20(3)4/h9-12,18,20,26H,5-8,13-17,19,28H2,1-4H3/t26-/m0/s1. The molecule has 3 rings (SSSR count). The number of hydrogen-bond acceptors (Lipinski definition) is 6. The maximum Gasteiger partial charge on any atom is 0.239 e. The van der Waals surface area contributed by atoms with Crippen LogP contribution in [-0.4, -0.2) is 77.4 Å². The second kappa shape index (κ2) is 12.6. The van der Waals surface area contributed by atoms with E-state index in [0.717, 1.165) is 73.6 Å². The number of carbonyl (C=O) groups excluding carboxylic acids is 1. The number of rotatable bonds is 11. The maximum absolute atomic E-state index is 12.5. The molecule has 0 spiro atoms. The molecule has 1 aliphatic heterocycles. The Labute approximate surface area is 210 Å². The largest absolute Gasteiger partial charge is 0.353 e. The van der Waals surface area contributed by atoms with Gasteiger partial charge in [-0.3, -0.25) is 4.79 Å². The molecule has 1 atom stereocenters. The highest BCUT2D eigenvalue weighted by Crippen LogP contribution is 2.22. The maximum atomic E-state index is 12.5. The highest BCUT2D eigenvalue weighted by molar-refractivity contribution is 7.80. The van der Waals surface area contributed by atoms with E-state index in [-0.39, 0.29) is 11.8 Å². The van der Waals surface area contributed by atoms with E-state index in [1.807, 2.05) is 18.7 Å². The first kappa shape index (κ1) is 26.5. The summed E-state index contributed by atoms with van der Waals surface area (Å²) in [7, 11) is 0. The third-order valence-corrected chi connectivity index (χ3v) is 7.23. The van der Waals surface area contributed by atoms with Crippen LogP contribution in [0.3, 0.4) is 0 Å². The molecule has 1 aliphatic rings. The number of anilines is 1. The van der Waals surface area contributed by atoms with Crippen LogP contribution in [0.4, 0.5) is 5.82 Å². The molecule has 1 saturated heterocycles. The molecular formula is C27H41N5OS. The molecular weight excluding hydrogens is 442 g/mol. The number of amides is 1. The number of aromatic nitrogens is 1. The molecule has 0 saturated carbocycles. The molecule has 0 aliphatic carbocycles. The van der Waals surface area contributed by atoms with Gasteiger partial charge in [-0.2, -0.15) is 0 Å². The van der Waals surface area contributed by atoms with Crippen molar-refractivity contribution in [1.82, 2.24) is 14.8 Å². The number of piperazine rings is 1. The van der Waals surface area contributed by atoms with Crippen LogP contribution in [0.15, 0.2) is 30.3 Å². The summed E-state index contributed by atoms with van der Waals surface area (Å²) < 4.78 is 0. The zero-order valence-electron chi connectivity index (χ0n) is 21.3. The number of carbonyl (C=O) groups is 1. The molecule has 1 fully saturated rings. The third-order valence-electron chi connectivity index (χ3n) is 6.88. The Morgan fingerprint density at radius 2 is 1.82 bits per heavy atom. The van der Waals surface area contributed by atoms with Gasteiger partial charge < -0.3 is 20.4 Å². The molecule has 186 valence electrons. The summed E-state index contributed by atoms with van der Waals surface area (Å²) >= 11 is 5.67. The lowest BCUT2D eigenvalue weighted by molar-refractivity contribution is -0.133. The van der Waals surface area contributed by atoms with Crippen LogP contribution in [0.25, 0.3) is 10.9 Å². The number of pyridine rings is 1. The topological polar surface area (TPSA) is 65.7 Å². The van der Waals surface area contributed by atoms with E-state index >= 15 is 0 Å². The molecule has 0 bridgehead atoms. The highest BCUT2D eigenvalue weighted by Gasteiger charge is 2.27. The first-order chi connectivity index (χ1) is 16.3. The lowest BCUT2D eigenvalue weighted by Gasteiger charge is -2.37. The van der Waals surface area contributed by atoms with Gasteiger partial charge in [-0.25, -0.2) is 4.98 Å². The van der Waals surface area contributed by atoms with Crippen molar-refractivity contribution in [3.63, 3.8) is 0 Å². The third kappa shape index (κ3) is 6.96. The van der Waals surface area contributed by atoms with Crippen molar-refractivity contribution in [1.29, 1.82) is 0 Å². The molecule has 2 heterocycles. The van der Waals surface area contributed by atoms with Gasteiger partial charge in [-0.1, -0.05) is 46.0 Å². The monoisotopic (exact) mass is 483 g/mol. The number of nitrogens with zero attached hydrogens (tertiary/aromatic N) is 4. The van der Waals surface area contributed by atoms with E-state index in [1.165, 1.54) is 5.56 Å². The number of hydrogen-bond donors (Lipinski definition) is 1. The van der Waals surface area contributed by atoms with Crippen LogP contribution in [0, 0.1) is 5.92 Å². The van der Waals surface area contributed by atoms with Gasteiger partial charge in [0.15, 0.2) is 0 Å². The summed E-state index contributed by atoms with van der Waals surface area (Å²) in [5.41, 5.74) is 8.31. The van der Waals surface area contributed by atoms with Gasteiger partial charge in [-0.05, 0) is 73.1 Å². The lowest BCUT2D eigenvalue weighted by Crippen LogP contribution is -2.54. The van der Waals surface area contributed by atoms with Gasteiger partial charge in [0.25, 0.3) is 0 Å². The molecule has 2 aromatic rings. The molecule has 7 heteroatoms. The van der Waals surface area contributed by atoms with E-state index < -0.39 is 6.04 Å². The van der Waals surface area contributed by atoms with Crippen molar-refractivity contribution >= 4 is 39.7 Å². The Hall–Kier alpha value is -2.09. The van der Waals surface area contributed by atoms with Crippen molar-refractivity contribution in [2.75, 3.05) is 50.7 Å². The van der Waals surface area contributed by atoms with E-state index in [0.29, 0.717) is 13.1 Å². The van der Waals surface area contributed by atoms with Crippen LogP contribution in [0.2, 0.25) is 0 Å². The van der Waals surface area contributed by atoms with Crippen molar-refractivity contribution in [3.05, 3.63) is 35.9 Å². The smallest absolute Gasteiger partial charge is 0.239 e. The van der Waals surface area contributed by atoms with Gasteiger partial charge in [0.1, 0.15) is 5.82 Å². The van der Waals surface area contributed by atoms with Crippen LogP contribution in [0.1, 0.15) is 46.1 Å². The van der Waals surface area contributed by atoms with Crippen molar-refractivity contribution in [2.24, 2.45) is 11.7 Å². The number of benzene rings is 1. The van der Waals surface area contributed by atoms with E-state index in [9.17, 15) is 4.79 Å². The fraction of sp³-hybridized carbons (Fsp3) is 0.593. The van der Waals surface area contributed by atoms with Gasteiger partial charge in [0, 0.05) is 38.0 Å². The molecule has 0 unspecified atom stereocenters.